The lowest BCUT2D eigenvalue weighted by Crippen LogP contribution is -2.13. The van der Waals surface area contributed by atoms with Gasteiger partial charge in [0.05, 0.1) is 12.2 Å². The zero-order chi connectivity index (χ0) is 14.1. The van der Waals surface area contributed by atoms with Crippen LogP contribution in [0.2, 0.25) is 0 Å². The Balaban J connectivity index is 2.35. The van der Waals surface area contributed by atoms with Crippen LogP contribution in [0.5, 0.6) is 5.75 Å². The quantitative estimate of drug-likeness (QED) is 0.399. The first kappa shape index (κ1) is 16.0. The van der Waals surface area contributed by atoms with Crippen molar-refractivity contribution in [3.05, 3.63) is 28.2 Å². The third-order valence-electron chi connectivity index (χ3n) is 2.99. The first-order valence-corrected chi connectivity index (χ1v) is 7.71. The highest BCUT2D eigenvalue weighted by Crippen LogP contribution is 2.23. The summed E-state index contributed by atoms with van der Waals surface area (Å²) in [4.78, 5) is 0. The number of benzene rings is 1. The van der Waals surface area contributed by atoms with Crippen molar-refractivity contribution in [2.45, 2.75) is 45.4 Å². The molecule has 1 rings (SSSR count). The summed E-state index contributed by atoms with van der Waals surface area (Å²) >= 11 is 3.37. The summed E-state index contributed by atoms with van der Waals surface area (Å²) in [6, 6.07) is 5.58. The maximum atomic E-state index is 7.54. The summed E-state index contributed by atoms with van der Waals surface area (Å²) in [6.45, 7) is 2.91. The maximum absolute atomic E-state index is 7.54. The van der Waals surface area contributed by atoms with Crippen molar-refractivity contribution in [3.63, 3.8) is 0 Å². The van der Waals surface area contributed by atoms with E-state index in [0.29, 0.717) is 17.9 Å². The van der Waals surface area contributed by atoms with Gasteiger partial charge in [-0.15, -0.1) is 0 Å². The molecule has 0 aliphatic rings. The van der Waals surface area contributed by atoms with Gasteiger partial charge in [-0.1, -0.05) is 55.0 Å². The zero-order valence-electron chi connectivity index (χ0n) is 11.5. The van der Waals surface area contributed by atoms with Gasteiger partial charge in [-0.2, -0.15) is 0 Å². The number of ether oxygens (including phenoxy) is 1. The first-order valence-electron chi connectivity index (χ1n) is 6.92. The van der Waals surface area contributed by atoms with E-state index in [1.54, 1.807) is 0 Å². The molecule has 0 bridgehead atoms. The van der Waals surface area contributed by atoms with Crippen molar-refractivity contribution in [1.29, 1.82) is 5.41 Å². The predicted octanol–water partition coefficient (Wildman–Crippen LogP) is 4.47. The second-order valence-corrected chi connectivity index (χ2v) is 5.59. The van der Waals surface area contributed by atoms with Gasteiger partial charge in [-0.25, -0.2) is 0 Å². The Labute approximate surface area is 124 Å². The van der Waals surface area contributed by atoms with Crippen molar-refractivity contribution >= 4 is 21.8 Å². The normalized spacial score (nSPS) is 10.4. The zero-order valence-corrected chi connectivity index (χ0v) is 13.1. The van der Waals surface area contributed by atoms with E-state index in [9.17, 15) is 0 Å². The number of nitrogen functional groups attached to an aromatic ring is 1. The smallest absolute Gasteiger partial charge is 0.130 e. The molecule has 0 unspecified atom stereocenters. The molecular formula is C15H23BrN2O. The van der Waals surface area contributed by atoms with Crippen molar-refractivity contribution in [2.24, 2.45) is 5.73 Å². The Morgan fingerprint density at radius 3 is 2.58 bits per heavy atom. The molecule has 0 saturated carbocycles. The Morgan fingerprint density at radius 1 is 1.21 bits per heavy atom. The van der Waals surface area contributed by atoms with Crippen molar-refractivity contribution in [3.8, 4) is 5.75 Å². The van der Waals surface area contributed by atoms with Crippen LogP contribution in [0.15, 0.2) is 22.7 Å². The largest absolute Gasteiger partial charge is 0.493 e. The number of halogens is 1. The molecule has 4 heteroatoms. The van der Waals surface area contributed by atoms with Gasteiger partial charge in [-0.3, -0.25) is 5.41 Å². The summed E-state index contributed by atoms with van der Waals surface area (Å²) in [6.07, 6.45) is 7.44. The number of hydrogen-bond donors (Lipinski definition) is 2. The lowest BCUT2D eigenvalue weighted by atomic mass is 10.1. The van der Waals surface area contributed by atoms with Crippen molar-refractivity contribution in [1.82, 2.24) is 0 Å². The summed E-state index contributed by atoms with van der Waals surface area (Å²) in [5.41, 5.74) is 6.20. The number of nitrogens with two attached hydrogens (primary N) is 1. The summed E-state index contributed by atoms with van der Waals surface area (Å²) < 4.78 is 6.63. The lowest BCUT2D eigenvalue weighted by Gasteiger charge is -2.11. The van der Waals surface area contributed by atoms with Gasteiger partial charge in [0.2, 0.25) is 0 Å². The molecule has 0 heterocycles. The molecule has 106 valence electrons. The molecule has 3 N–H and O–H groups in total. The second kappa shape index (κ2) is 8.97. The van der Waals surface area contributed by atoms with Crippen LogP contribution in [0.3, 0.4) is 0 Å². The molecule has 1 aromatic carbocycles. The average Bonchev–Trinajstić information content (AvgIpc) is 2.39. The van der Waals surface area contributed by atoms with Crippen molar-refractivity contribution in [2.75, 3.05) is 6.61 Å². The summed E-state index contributed by atoms with van der Waals surface area (Å²) in [5.74, 6) is 0.739. The molecule has 0 amide bonds. The fourth-order valence-electron chi connectivity index (χ4n) is 1.90. The Bertz CT molecular complexity index is 407. The predicted molar refractivity (Wildman–Crippen MR) is 84.0 cm³/mol. The third-order valence-corrected chi connectivity index (χ3v) is 3.48. The molecule has 0 saturated heterocycles. The number of unbranched alkanes of at least 4 members (excludes halogenated alkanes) is 5. The van der Waals surface area contributed by atoms with Crippen LogP contribution in [-0.2, 0) is 0 Å². The molecule has 0 spiro atoms. The van der Waals surface area contributed by atoms with E-state index in [2.05, 4.69) is 22.9 Å². The molecule has 0 aromatic heterocycles. The second-order valence-electron chi connectivity index (χ2n) is 4.67. The van der Waals surface area contributed by atoms with E-state index in [-0.39, 0.29) is 5.84 Å². The highest BCUT2D eigenvalue weighted by Gasteiger charge is 2.07. The Kier molecular flexibility index (Phi) is 7.56. The van der Waals surface area contributed by atoms with Gasteiger partial charge in [0, 0.05) is 4.47 Å². The van der Waals surface area contributed by atoms with Crippen LogP contribution in [0.4, 0.5) is 0 Å². The van der Waals surface area contributed by atoms with Crippen LogP contribution in [0.25, 0.3) is 0 Å². The maximum Gasteiger partial charge on any atom is 0.130 e. The van der Waals surface area contributed by atoms with Gasteiger partial charge in [-0.05, 0) is 24.6 Å². The van der Waals surface area contributed by atoms with E-state index in [1.165, 1.54) is 32.1 Å². The monoisotopic (exact) mass is 326 g/mol. The van der Waals surface area contributed by atoms with E-state index in [1.807, 2.05) is 18.2 Å². The standard InChI is InChI=1S/C15H23BrN2O/c1-2-3-4-5-6-7-10-19-14-9-8-12(16)11-13(14)15(17)18/h8-9,11H,2-7,10H2,1H3,(H3,17,18). The van der Waals surface area contributed by atoms with Crippen LogP contribution in [0.1, 0.15) is 51.0 Å². The van der Waals surface area contributed by atoms with Crippen LogP contribution in [0, 0.1) is 5.41 Å². The molecule has 0 aliphatic heterocycles. The lowest BCUT2D eigenvalue weighted by molar-refractivity contribution is 0.304. The fraction of sp³-hybridized carbons (Fsp3) is 0.533. The summed E-state index contributed by atoms with van der Waals surface area (Å²) in [5, 5.41) is 7.54. The van der Waals surface area contributed by atoms with E-state index >= 15 is 0 Å². The number of amidine groups is 1. The number of hydrogen-bond acceptors (Lipinski definition) is 2. The molecule has 0 radical (unpaired) electrons. The molecule has 0 atom stereocenters. The van der Waals surface area contributed by atoms with Gasteiger partial charge < -0.3 is 10.5 Å². The van der Waals surface area contributed by atoms with E-state index in [0.717, 1.165) is 10.9 Å². The average molecular weight is 327 g/mol. The Morgan fingerprint density at radius 2 is 1.89 bits per heavy atom. The van der Waals surface area contributed by atoms with Crippen LogP contribution < -0.4 is 10.5 Å². The molecule has 3 nitrogen and oxygen atoms in total. The van der Waals surface area contributed by atoms with Crippen LogP contribution in [-0.4, -0.2) is 12.4 Å². The van der Waals surface area contributed by atoms with Gasteiger partial charge in [0.25, 0.3) is 0 Å². The third kappa shape index (κ3) is 6.10. The van der Waals surface area contributed by atoms with E-state index < -0.39 is 0 Å². The van der Waals surface area contributed by atoms with Crippen LogP contribution >= 0.6 is 15.9 Å². The number of rotatable bonds is 9. The SMILES string of the molecule is CCCCCCCCOc1ccc(Br)cc1C(=N)N. The molecule has 0 aliphatic carbocycles. The summed E-state index contributed by atoms with van der Waals surface area (Å²) in [7, 11) is 0. The Hall–Kier alpha value is -1.03. The molecule has 1 aromatic rings. The first-order chi connectivity index (χ1) is 9.15. The molecular weight excluding hydrogens is 304 g/mol. The highest BCUT2D eigenvalue weighted by atomic mass is 79.9. The van der Waals surface area contributed by atoms with Crippen molar-refractivity contribution < 1.29 is 4.74 Å². The number of nitrogens with one attached hydrogen (secondary N) is 1. The molecule has 19 heavy (non-hydrogen) atoms. The fourth-order valence-corrected chi connectivity index (χ4v) is 2.26. The van der Waals surface area contributed by atoms with Gasteiger partial charge in [0.15, 0.2) is 0 Å². The van der Waals surface area contributed by atoms with E-state index in [4.69, 9.17) is 15.9 Å². The minimum absolute atomic E-state index is 0.0410. The topological polar surface area (TPSA) is 59.1 Å². The highest BCUT2D eigenvalue weighted by molar-refractivity contribution is 9.10. The minimum atomic E-state index is 0.0410. The minimum Gasteiger partial charge on any atom is -0.493 e. The van der Waals surface area contributed by atoms with Gasteiger partial charge >= 0.3 is 0 Å². The van der Waals surface area contributed by atoms with Gasteiger partial charge in [0.1, 0.15) is 11.6 Å². The molecule has 0 fully saturated rings.